The van der Waals surface area contributed by atoms with Crippen molar-refractivity contribution in [2.45, 2.75) is 12.1 Å². The number of nitrogens with zero attached hydrogens (tertiary/aromatic N) is 2. The molecular weight excluding hydrogens is 426 g/mol. The van der Waals surface area contributed by atoms with Gasteiger partial charge < -0.3 is 9.73 Å². The molecule has 0 radical (unpaired) electrons. The number of hydrogen-bond donors (Lipinski definition) is 1. The third kappa shape index (κ3) is 3.35. The van der Waals surface area contributed by atoms with E-state index in [2.05, 4.69) is 10.3 Å². The topological polar surface area (TPSA) is 75.4 Å². The Morgan fingerprint density at radius 3 is 2.06 bits per heavy atom. The van der Waals surface area contributed by atoms with Gasteiger partial charge in [0.15, 0.2) is 5.54 Å². The molecule has 0 bridgehead atoms. The van der Waals surface area contributed by atoms with Crippen molar-refractivity contribution in [2.24, 2.45) is 0 Å². The van der Waals surface area contributed by atoms with Gasteiger partial charge in [0.1, 0.15) is 6.26 Å². The predicted molar refractivity (Wildman–Crippen MR) is 120 cm³/mol. The van der Waals surface area contributed by atoms with E-state index in [1.807, 2.05) is 60.7 Å². The monoisotopic (exact) mass is 443 g/mol. The van der Waals surface area contributed by atoms with E-state index in [0.29, 0.717) is 27.7 Å². The lowest BCUT2D eigenvalue weighted by Gasteiger charge is -2.27. The number of rotatable bonds is 5. The Hall–Kier alpha value is -3.90. The van der Waals surface area contributed by atoms with Crippen molar-refractivity contribution in [3.63, 3.8) is 0 Å². The average Bonchev–Trinajstić information content (AvgIpc) is 3.40. The molecule has 1 N–H and O–H groups in total. The molecule has 1 aromatic heterocycles. The highest BCUT2D eigenvalue weighted by molar-refractivity contribution is 6.30. The molecule has 5 rings (SSSR count). The summed E-state index contributed by atoms with van der Waals surface area (Å²) >= 11 is 5.94. The van der Waals surface area contributed by atoms with Crippen LogP contribution in [0.5, 0.6) is 0 Å². The van der Waals surface area contributed by atoms with Gasteiger partial charge in [0.2, 0.25) is 5.89 Å². The first-order valence-corrected chi connectivity index (χ1v) is 10.4. The Kier molecular flexibility index (Phi) is 4.99. The van der Waals surface area contributed by atoms with Crippen LogP contribution < -0.4 is 5.32 Å². The molecule has 1 saturated heterocycles. The standard InChI is InChI=1S/C25H18ClN3O3/c26-20-13-11-17(12-14-20)22-27-21(16-32-22)15-29-23(30)25(28-24(29)31,18-7-3-1-4-8-18)19-9-5-2-6-10-19/h1-14,16H,15H2,(H,28,31). The summed E-state index contributed by atoms with van der Waals surface area (Å²) in [7, 11) is 0. The van der Waals surface area contributed by atoms with Crippen molar-refractivity contribution in [1.82, 2.24) is 15.2 Å². The predicted octanol–water partition coefficient (Wildman–Crippen LogP) is 4.99. The minimum Gasteiger partial charge on any atom is -0.444 e. The van der Waals surface area contributed by atoms with Gasteiger partial charge >= 0.3 is 6.03 Å². The molecule has 32 heavy (non-hydrogen) atoms. The average molecular weight is 444 g/mol. The van der Waals surface area contributed by atoms with Crippen LogP contribution in [0.25, 0.3) is 11.5 Å². The Labute approximate surface area is 189 Å². The summed E-state index contributed by atoms with van der Waals surface area (Å²) in [4.78, 5) is 32.3. The Morgan fingerprint density at radius 2 is 1.47 bits per heavy atom. The maximum atomic E-state index is 13.7. The summed E-state index contributed by atoms with van der Waals surface area (Å²) in [6, 6.07) is 25.1. The van der Waals surface area contributed by atoms with Gasteiger partial charge in [0, 0.05) is 10.6 Å². The van der Waals surface area contributed by atoms with Gasteiger partial charge in [0.25, 0.3) is 5.91 Å². The molecule has 158 valence electrons. The van der Waals surface area contributed by atoms with Crippen molar-refractivity contribution in [3.8, 4) is 11.5 Å². The van der Waals surface area contributed by atoms with Crippen LogP contribution >= 0.6 is 11.6 Å². The van der Waals surface area contributed by atoms with Crippen LogP contribution in [0, 0.1) is 0 Å². The molecule has 0 spiro atoms. The fraction of sp³-hybridized carbons (Fsp3) is 0.0800. The molecule has 0 atom stereocenters. The third-order valence-electron chi connectivity index (χ3n) is 5.48. The van der Waals surface area contributed by atoms with E-state index in [4.69, 9.17) is 16.0 Å². The van der Waals surface area contributed by atoms with Crippen LogP contribution in [0.15, 0.2) is 95.6 Å². The number of benzene rings is 3. The maximum absolute atomic E-state index is 13.7. The smallest absolute Gasteiger partial charge is 0.325 e. The van der Waals surface area contributed by atoms with E-state index in [-0.39, 0.29) is 12.5 Å². The quantitative estimate of drug-likeness (QED) is 0.441. The number of imide groups is 1. The number of oxazole rings is 1. The molecular formula is C25H18ClN3O3. The second-order valence-electron chi connectivity index (χ2n) is 7.45. The maximum Gasteiger partial charge on any atom is 0.325 e. The summed E-state index contributed by atoms with van der Waals surface area (Å²) in [6.07, 6.45) is 1.45. The second kappa shape index (κ2) is 7.98. The van der Waals surface area contributed by atoms with E-state index >= 15 is 0 Å². The summed E-state index contributed by atoms with van der Waals surface area (Å²) in [5.74, 6) is 0.0250. The highest BCUT2D eigenvalue weighted by atomic mass is 35.5. The summed E-state index contributed by atoms with van der Waals surface area (Å²) < 4.78 is 5.57. The first-order valence-electron chi connectivity index (χ1n) is 10.0. The fourth-order valence-corrected chi connectivity index (χ4v) is 4.05. The van der Waals surface area contributed by atoms with Gasteiger partial charge in [-0.25, -0.2) is 9.78 Å². The lowest BCUT2D eigenvalue weighted by Crippen LogP contribution is -2.45. The van der Waals surface area contributed by atoms with Crippen LogP contribution in [0.1, 0.15) is 16.8 Å². The van der Waals surface area contributed by atoms with Crippen molar-refractivity contribution < 1.29 is 14.0 Å². The number of halogens is 1. The summed E-state index contributed by atoms with van der Waals surface area (Å²) in [6.45, 7) is -0.0107. The molecule has 6 nitrogen and oxygen atoms in total. The molecule has 3 amide bonds. The van der Waals surface area contributed by atoms with Crippen molar-refractivity contribution in [1.29, 1.82) is 0 Å². The molecule has 0 unspecified atom stereocenters. The molecule has 4 aromatic rings. The van der Waals surface area contributed by atoms with Gasteiger partial charge in [-0.3, -0.25) is 9.69 Å². The number of amides is 3. The van der Waals surface area contributed by atoms with Gasteiger partial charge in [-0.05, 0) is 35.4 Å². The van der Waals surface area contributed by atoms with Crippen molar-refractivity contribution in [2.75, 3.05) is 0 Å². The number of nitrogens with one attached hydrogen (secondary N) is 1. The molecule has 2 heterocycles. The molecule has 7 heteroatoms. The Bertz CT molecular complexity index is 1230. The van der Waals surface area contributed by atoms with Crippen molar-refractivity contribution >= 4 is 23.5 Å². The van der Waals surface area contributed by atoms with E-state index in [1.165, 1.54) is 11.2 Å². The van der Waals surface area contributed by atoms with E-state index in [0.717, 1.165) is 5.56 Å². The number of carbonyl (C=O) groups excluding carboxylic acids is 2. The first kappa shape index (κ1) is 20.0. The number of urea groups is 1. The van der Waals surface area contributed by atoms with Gasteiger partial charge in [0.05, 0.1) is 12.2 Å². The largest absolute Gasteiger partial charge is 0.444 e. The van der Waals surface area contributed by atoms with Gasteiger partial charge in [-0.2, -0.15) is 0 Å². The summed E-state index contributed by atoms with van der Waals surface area (Å²) in [5, 5.41) is 3.54. The Balaban J connectivity index is 1.48. The van der Waals surface area contributed by atoms with Crippen LogP contribution in [0.2, 0.25) is 5.02 Å². The number of carbonyl (C=O) groups is 2. The molecule has 1 fully saturated rings. The SMILES string of the molecule is O=C1NC(c2ccccc2)(c2ccccc2)C(=O)N1Cc1coc(-c2ccc(Cl)cc2)n1. The number of aromatic nitrogens is 1. The zero-order valence-corrected chi connectivity index (χ0v) is 17.6. The minimum absolute atomic E-state index is 0.0107. The zero-order chi connectivity index (χ0) is 22.1. The van der Waals surface area contributed by atoms with Crippen LogP contribution in [-0.4, -0.2) is 21.8 Å². The minimum atomic E-state index is -1.30. The summed E-state index contributed by atoms with van der Waals surface area (Å²) in [5.41, 5.74) is 1.29. The van der Waals surface area contributed by atoms with Crippen LogP contribution in [0.4, 0.5) is 4.79 Å². The highest BCUT2D eigenvalue weighted by Crippen LogP contribution is 2.36. The van der Waals surface area contributed by atoms with Gasteiger partial charge in [-0.15, -0.1) is 0 Å². The molecule has 3 aromatic carbocycles. The van der Waals surface area contributed by atoms with Gasteiger partial charge in [-0.1, -0.05) is 72.3 Å². The fourth-order valence-electron chi connectivity index (χ4n) is 3.92. The van der Waals surface area contributed by atoms with Crippen molar-refractivity contribution in [3.05, 3.63) is 113 Å². The lowest BCUT2D eigenvalue weighted by atomic mass is 9.82. The molecule has 0 aliphatic carbocycles. The zero-order valence-electron chi connectivity index (χ0n) is 16.9. The van der Waals surface area contributed by atoms with Crippen LogP contribution in [0.3, 0.4) is 0 Å². The molecule has 1 aliphatic rings. The normalized spacial score (nSPS) is 15.1. The third-order valence-corrected chi connectivity index (χ3v) is 5.73. The molecule has 0 saturated carbocycles. The lowest BCUT2D eigenvalue weighted by molar-refractivity contribution is -0.130. The van der Waals surface area contributed by atoms with E-state index < -0.39 is 11.6 Å². The Morgan fingerprint density at radius 1 is 0.875 bits per heavy atom. The number of hydrogen-bond acceptors (Lipinski definition) is 4. The van der Waals surface area contributed by atoms with E-state index in [1.54, 1.807) is 24.3 Å². The van der Waals surface area contributed by atoms with Crippen LogP contribution in [-0.2, 0) is 16.9 Å². The van der Waals surface area contributed by atoms with E-state index in [9.17, 15) is 9.59 Å². The highest BCUT2D eigenvalue weighted by Gasteiger charge is 2.53. The molecule has 1 aliphatic heterocycles. The first-order chi connectivity index (χ1) is 15.6. The second-order valence-corrected chi connectivity index (χ2v) is 7.89.